The van der Waals surface area contributed by atoms with Gasteiger partial charge < -0.3 is 5.32 Å². The molecule has 0 aromatic heterocycles. The molecule has 1 aromatic carbocycles. The Bertz CT molecular complexity index is 279. The molecule has 0 radical (unpaired) electrons. The van der Waals surface area contributed by atoms with Crippen molar-refractivity contribution >= 4 is 0 Å². The molecule has 1 aliphatic heterocycles. The zero-order valence-electron chi connectivity index (χ0n) is 7.59. The van der Waals surface area contributed by atoms with Gasteiger partial charge in [-0.05, 0) is 25.5 Å². The van der Waals surface area contributed by atoms with Crippen molar-refractivity contribution in [1.29, 1.82) is 0 Å². The van der Waals surface area contributed by atoms with Crippen molar-refractivity contribution in [3.8, 4) is 0 Å². The standard InChI is InChI=1S/C11H14FN/c12-10-6-2-1-5-9(10)11-7-3-4-8-13-11/h1-2,5-6,11,13H,3-4,7-8H2/t11-/m0/s1. The average molecular weight is 179 g/mol. The molecule has 1 aliphatic rings. The van der Waals surface area contributed by atoms with Gasteiger partial charge in [0.05, 0.1) is 0 Å². The second-order valence-electron chi connectivity index (χ2n) is 3.52. The molecule has 2 heteroatoms. The van der Waals surface area contributed by atoms with Gasteiger partial charge in [-0.3, -0.25) is 0 Å². The predicted molar refractivity (Wildman–Crippen MR) is 51.0 cm³/mol. The van der Waals surface area contributed by atoms with Crippen molar-refractivity contribution in [2.75, 3.05) is 6.54 Å². The second-order valence-corrected chi connectivity index (χ2v) is 3.52. The Morgan fingerprint density at radius 3 is 2.77 bits per heavy atom. The van der Waals surface area contributed by atoms with Gasteiger partial charge in [0.25, 0.3) is 0 Å². The van der Waals surface area contributed by atoms with Crippen LogP contribution >= 0.6 is 0 Å². The van der Waals surface area contributed by atoms with Gasteiger partial charge in [-0.2, -0.15) is 0 Å². The van der Waals surface area contributed by atoms with Crippen LogP contribution in [0, 0.1) is 5.82 Å². The molecule has 1 fully saturated rings. The largest absolute Gasteiger partial charge is 0.310 e. The van der Waals surface area contributed by atoms with E-state index in [1.165, 1.54) is 18.9 Å². The molecule has 0 unspecified atom stereocenters. The number of hydrogen-bond acceptors (Lipinski definition) is 1. The number of benzene rings is 1. The SMILES string of the molecule is Fc1ccccc1[C@@H]1CCCCN1. The summed E-state index contributed by atoms with van der Waals surface area (Å²) in [7, 11) is 0. The zero-order chi connectivity index (χ0) is 9.10. The topological polar surface area (TPSA) is 12.0 Å². The van der Waals surface area contributed by atoms with Crippen molar-refractivity contribution in [2.45, 2.75) is 25.3 Å². The van der Waals surface area contributed by atoms with Crippen LogP contribution < -0.4 is 5.32 Å². The molecule has 0 spiro atoms. The maximum atomic E-state index is 13.3. The van der Waals surface area contributed by atoms with Crippen molar-refractivity contribution < 1.29 is 4.39 Å². The maximum Gasteiger partial charge on any atom is 0.127 e. The molecule has 0 amide bonds. The Hall–Kier alpha value is -0.890. The van der Waals surface area contributed by atoms with Crippen LogP contribution in [0.25, 0.3) is 0 Å². The lowest BCUT2D eigenvalue weighted by Gasteiger charge is -2.23. The van der Waals surface area contributed by atoms with Gasteiger partial charge in [-0.15, -0.1) is 0 Å². The minimum absolute atomic E-state index is 0.0816. The highest BCUT2D eigenvalue weighted by molar-refractivity contribution is 5.21. The fourth-order valence-electron chi connectivity index (χ4n) is 1.87. The lowest BCUT2D eigenvalue weighted by Crippen LogP contribution is -2.27. The maximum absolute atomic E-state index is 13.3. The molecule has 70 valence electrons. The molecule has 0 saturated carbocycles. The van der Waals surface area contributed by atoms with Crippen LogP contribution in [0.1, 0.15) is 30.9 Å². The first-order chi connectivity index (χ1) is 6.38. The van der Waals surface area contributed by atoms with Gasteiger partial charge in [0, 0.05) is 11.6 Å². The van der Waals surface area contributed by atoms with Crippen molar-refractivity contribution in [3.63, 3.8) is 0 Å². The monoisotopic (exact) mass is 179 g/mol. The zero-order valence-corrected chi connectivity index (χ0v) is 7.59. The molecular formula is C11H14FN. The number of hydrogen-bond donors (Lipinski definition) is 1. The van der Waals surface area contributed by atoms with Gasteiger partial charge in [-0.1, -0.05) is 24.6 Å². The van der Waals surface area contributed by atoms with E-state index in [2.05, 4.69) is 5.32 Å². The molecule has 1 saturated heterocycles. The second kappa shape index (κ2) is 3.88. The first-order valence-electron chi connectivity index (χ1n) is 4.86. The third kappa shape index (κ3) is 1.89. The lowest BCUT2D eigenvalue weighted by atomic mass is 9.97. The van der Waals surface area contributed by atoms with Crippen molar-refractivity contribution in [3.05, 3.63) is 35.6 Å². The van der Waals surface area contributed by atoms with Crippen LogP contribution in [-0.4, -0.2) is 6.54 Å². The summed E-state index contributed by atoms with van der Waals surface area (Å²) in [5, 5.41) is 3.34. The first-order valence-corrected chi connectivity index (χ1v) is 4.86. The van der Waals surface area contributed by atoms with E-state index in [0.717, 1.165) is 18.5 Å². The van der Waals surface area contributed by atoms with Crippen molar-refractivity contribution in [1.82, 2.24) is 5.32 Å². The van der Waals surface area contributed by atoms with Gasteiger partial charge in [0.2, 0.25) is 0 Å². The van der Waals surface area contributed by atoms with Gasteiger partial charge in [-0.25, -0.2) is 4.39 Å². The van der Waals surface area contributed by atoms with E-state index in [-0.39, 0.29) is 11.9 Å². The van der Waals surface area contributed by atoms with Crippen LogP contribution in [-0.2, 0) is 0 Å². The van der Waals surface area contributed by atoms with Crippen LogP contribution in [0.4, 0.5) is 4.39 Å². The summed E-state index contributed by atoms with van der Waals surface area (Å²) in [5.74, 6) is -0.0816. The summed E-state index contributed by atoms with van der Waals surface area (Å²) in [6, 6.07) is 7.27. The fourth-order valence-corrected chi connectivity index (χ4v) is 1.87. The van der Waals surface area contributed by atoms with Crippen LogP contribution in [0.15, 0.2) is 24.3 Å². The number of halogens is 1. The number of nitrogens with one attached hydrogen (secondary N) is 1. The molecule has 1 N–H and O–H groups in total. The Labute approximate surface area is 78.0 Å². The molecule has 1 aromatic rings. The Morgan fingerprint density at radius 1 is 1.23 bits per heavy atom. The van der Waals surface area contributed by atoms with E-state index in [0.29, 0.717) is 0 Å². The van der Waals surface area contributed by atoms with E-state index >= 15 is 0 Å². The molecule has 0 bridgehead atoms. The third-order valence-electron chi connectivity index (χ3n) is 2.59. The molecule has 13 heavy (non-hydrogen) atoms. The molecule has 1 nitrogen and oxygen atoms in total. The summed E-state index contributed by atoms with van der Waals surface area (Å²) in [5.41, 5.74) is 0.821. The highest BCUT2D eigenvalue weighted by atomic mass is 19.1. The van der Waals surface area contributed by atoms with Crippen LogP contribution in [0.5, 0.6) is 0 Å². The van der Waals surface area contributed by atoms with Crippen molar-refractivity contribution in [2.24, 2.45) is 0 Å². The summed E-state index contributed by atoms with van der Waals surface area (Å²) in [6.45, 7) is 1.01. The summed E-state index contributed by atoms with van der Waals surface area (Å²) in [4.78, 5) is 0. The van der Waals surface area contributed by atoms with Gasteiger partial charge in [0.1, 0.15) is 5.82 Å². The Morgan fingerprint density at radius 2 is 2.08 bits per heavy atom. The van der Waals surface area contributed by atoms with Gasteiger partial charge >= 0.3 is 0 Å². The minimum atomic E-state index is -0.0816. The first kappa shape index (κ1) is 8.70. The number of piperidine rings is 1. The van der Waals surface area contributed by atoms with E-state index in [9.17, 15) is 4.39 Å². The van der Waals surface area contributed by atoms with E-state index in [4.69, 9.17) is 0 Å². The summed E-state index contributed by atoms with van der Waals surface area (Å²) >= 11 is 0. The van der Waals surface area contributed by atoms with E-state index in [1.54, 1.807) is 6.07 Å². The van der Waals surface area contributed by atoms with E-state index < -0.39 is 0 Å². The average Bonchev–Trinajstić information content (AvgIpc) is 2.20. The quantitative estimate of drug-likeness (QED) is 0.698. The molecule has 2 rings (SSSR count). The predicted octanol–water partition coefficient (Wildman–Crippen LogP) is 2.64. The molecule has 0 aliphatic carbocycles. The van der Waals surface area contributed by atoms with Crippen LogP contribution in [0.2, 0.25) is 0 Å². The fraction of sp³-hybridized carbons (Fsp3) is 0.455. The highest BCUT2D eigenvalue weighted by Crippen LogP contribution is 2.24. The number of rotatable bonds is 1. The Balaban J connectivity index is 2.18. The van der Waals surface area contributed by atoms with Gasteiger partial charge in [0.15, 0.2) is 0 Å². The summed E-state index contributed by atoms with van der Waals surface area (Å²) in [6.07, 6.45) is 3.47. The molecular weight excluding hydrogens is 165 g/mol. The normalized spacial score (nSPS) is 23.0. The van der Waals surface area contributed by atoms with Crippen LogP contribution in [0.3, 0.4) is 0 Å². The minimum Gasteiger partial charge on any atom is -0.310 e. The summed E-state index contributed by atoms with van der Waals surface area (Å²) < 4.78 is 13.3. The highest BCUT2D eigenvalue weighted by Gasteiger charge is 2.16. The lowest BCUT2D eigenvalue weighted by molar-refractivity contribution is 0.400. The molecule has 1 atom stereocenters. The Kier molecular flexibility index (Phi) is 2.60. The smallest absolute Gasteiger partial charge is 0.127 e. The third-order valence-corrected chi connectivity index (χ3v) is 2.59. The molecule has 1 heterocycles. The van der Waals surface area contributed by atoms with E-state index in [1.807, 2.05) is 12.1 Å².